The van der Waals surface area contributed by atoms with Crippen molar-refractivity contribution in [1.29, 1.82) is 5.26 Å². The zero-order valence-electron chi connectivity index (χ0n) is 13.1. The third kappa shape index (κ3) is 4.57. The highest BCUT2D eigenvalue weighted by molar-refractivity contribution is 7.89. The molecule has 0 spiro atoms. The fourth-order valence-corrected chi connectivity index (χ4v) is 3.84. The summed E-state index contributed by atoms with van der Waals surface area (Å²) in [6.07, 6.45) is 2.72. The molecule has 0 radical (unpaired) electrons. The van der Waals surface area contributed by atoms with Crippen LogP contribution in [0.4, 0.5) is 0 Å². The molecule has 0 aliphatic carbocycles. The van der Waals surface area contributed by atoms with Crippen molar-refractivity contribution in [2.24, 2.45) is 0 Å². The quantitative estimate of drug-likeness (QED) is 0.611. The summed E-state index contributed by atoms with van der Waals surface area (Å²) < 4.78 is 26.4. The van der Waals surface area contributed by atoms with Crippen LogP contribution in [0.15, 0.2) is 40.8 Å². The maximum atomic E-state index is 12.5. The van der Waals surface area contributed by atoms with Crippen molar-refractivity contribution in [3.8, 4) is 11.8 Å². The Kier molecular flexibility index (Phi) is 5.95. The summed E-state index contributed by atoms with van der Waals surface area (Å²) >= 11 is 0. The Balaban J connectivity index is 1.96. The van der Waals surface area contributed by atoms with Gasteiger partial charge in [0.25, 0.3) is 0 Å². The molecule has 1 saturated heterocycles. The van der Waals surface area contributed by atoms with Gasteiger partial charge in [-0.25, -0.2) is 8.42 Å². The molecule has 2 N–H and O–H groups in total. The van der Waals surface area contributed by atoms with Gasteiger partial charge in [0.2, 0.25) is 15.9 Å². The van der Waals surface area contributed by atoms with Gasteiger partial charge in [0.15, 0.2) is 0 Å². The molecule has 128 valence electrons. The lowest BCUT2D eigenvalue weighted by molar-refractivity contribution is -0.116. The molecular weight excluding hydrogens is 330 g/mol. The third-order valence-corrected chi connectivity index (χ3v) is 5.62. The molecule has 1 aliphatic heterocycles. The first-order valence-electron chi connectivity index (χ1n) is 7.57. The maximum absolute atomic E-state index is 12.5. The van der Waals surface area contributed by atoms with Gasteiger partial charge in [-0.1, -0.05) is 5.57 Å². The fraction of sp³-hybridized carbons (Fsp3) is 0.375. The normalized spacial score (nSPS) is 15.5. The number of carbonyl (C=O) groups is 1. The minimum atomic E-state index is -3.59. The van der Waals surface area contributed by atoms with Crippen molar-refractivity contribution < 1.29 is 18.3 Å². The SMILES string of the molecule is N#CCCNC(=O)C=C1CCN(S(=O)(=O)c2ccc(O)cc2)CC1. The minimum absolute atomic E-state index is 0.0141. The Bertz CT molecular complexity index is 754. The van der Waals surface area contributed by atoms with Crippen molar-refractivity contribution in [2.45, 2.75) is 24.2 Å². The van der Waals surface area contributed by atoms with Gasteiger partial charge >= 0.3 is 0 Å². The van der Waals surface area contributed by atoms with Crippen LogP contribution in [0.5, 0.6) is 5.75 Å². The Morgan fingerprint density at radius 1 is 1.29 bits per heavy atom. The van der Waals surface area contributed by atoms with E-state index in [0.29, 0.717) is 32.5 Å². The number of phenols is 1. The molecule has 0 saturated carbocycles. The summed E-state index contributed by atoms with van der Waals surface area (Å²) in [4.78, 5) is 11.8. The predicted molar refractivity (Wildman–Crippen MR) is 87.4 cm³/mol. The van der Waals surface area contributed by atoms with Gasteiger partial charge in [-0.3, -0.25) is 4.79 Å². The third-order valence-electron chi connectivity index (χ3n) is 3.71. The number of aromatic hydroxyl groups is 1. The van der Waals surface area contributed by atoms with Crippen LogP contribution in [0.2, 0.25) is 0 Å². The first kappa shape index (κ1) is 18.0. The summed E-state index contributed by atoms with van der Waals surface area (Å²) in [5.41, 5.74) is 0.890. The number of hydrogen-bond donors (Lipinski definition) is 2. The fourth-order valence-electron chi connectivity index (χ4n) is 2.40. The molecule has 0 atom stereocenters. The lowest BCUT2D eigenvalue weighted by atomic mass is 10.1. The van der Waals surface area contributed by atoms with Gasteiger partial charge in [-0.2, -0.15) is 9.57 Å². The van der Waals surface area contributed by atoms with E-state index in [0.717, 1.165) is 5.57 Å². The first-order valence-corrected chi connectivity index (χ1v) is 9.01. The summed E-state index contributed by atoms with van der Waals surface area (Å²) in [5, 5.41) is 20.3. The van der Waals surface area contributed by atoms with Crippen LogP contribution in [0.3, 0.4) is 0 Å². The van der Waals surface area contributed by atoms with Gasteiger partial charge in [-0.05, 0) is 37.1 Å². The average molecular weight is 349 g/mol. The Hall–Kier alpha value is -2.37. The standard InChI is InChI=1S/C16H19N3O4S/c17-8-1-9-18-16(21)12-13-6-10-19(11-7-13)24(22,23)15-4-2-14(20)3-5-15/h2-5,12,20H,1,6-7,9-11H2,(H,18,21). The van der Waals surface area contributed by atoms with E-state index >= 15 is 0 Å². The number of nitriles is 1. The number of rotatable bonds is 5. The number of carbonyl (C=O) groups excluding carboxylic acids is 1. The number of nitrogens with zero attached hydrogens (tertiary/aromatic N) is 2. The van der Waals surface area contributed by atoms with Crippen LogP contribution in [-0.2, 0) is 14.8 Å². The Morgan fingerprint density at radius 2 is 1.92 bits per heavy atom. The molecule has 1 heterocycles. The van der Waals surface area contributed by atoms with Gasteiger partial charge in [0.1, 0.15) is 5.75 Å². The molecule has 7 nitrogen and oxygen atoms in total. The van der Waals surface area contributed by atoms with Gasteiger partial charge in [0.05, 0.1) is 17.4 Å². The topological polar surface area (TPSA) is 111 Å². The molecule has 1 aliphatic rings. The lowest BCUT2D eigenvalue weighted by Gasteiger charge is -2.27. The number of benzene rings is 1. The van der Waals surface area contributed by atoms with E-state index in [1.807, 2.05) is 6.07 Å². The number of sulfonamides is 1. The largest absolute Gasteiger partial charge is 0.508 e. The number of phenolic OH excluding ortho intramolecular Hbond substituents is 1. The lowest BCUT2D eigenvalue weighted by Crippen LogP contribution is -2.36. The van der Waals surface area contributed by atoms with E-state index in [4.69, 9.17) is 5.26 Å². The Labute approximate surface area is 141 Å². The van der Waals surface area contributed by atoms with Crippen LogP contribution in [0.25, 0.3) is 0 Å². The summed E-state index contributed by atoms with van der Waals surface area (Å²) in [5.74, 6) is -0.240. The van der Waals surface area contributed by atoms with Crippen LogP contribution in [-0.4, -0.2) is 43.4 Å². The highest BCUT2D eigenvalue weighted by atomic mass is 32.2. The number of nitrogens with one attached hydrogen (secondary N) is 1. The monoisotopic (exact) mass is 349 g/mol. The zero-order valence-corrected chi connectivity index (χ0v) is 13.9. The maximum Gasteiger partial charge on any atom is 0.243 e. The molecule has 1 amide bonds. The van der Waals surface area contributed by atoms with E-state index in [-0.39, 0.29) is 23.0 Å². The van der Waals surface area contributed by atoms with Gasteiger partial charge in [0, 0.05) is 25.7 Å². The van der Waals surface area contributed by atoms with E-state index in [9.17, 15) is 18.3 Å². The van der Waals surface area contributed by atoms with Crippen molar-refractivity contribution in [1.82, 2.24) is 9.62 Å². The molecule has 0 unspecified atom stereocenters. The van der Waals surface area contributed by atoms with Crippen molar-refractivity contribution >= 4 is 15.9 Å². The second-order valence-electron chi connectivity index (χ2n) is 5.40. The van der Waals surface area contributed by atoms with Crippen molar-refractivity contribution in [3.05, 3.63) is 35.9 Å². The highest BCUT2D eigenvalue weighted by Crippen LogP contribution is 2.24. The summed E-state index contributed by atoms with van der Waals surface area (Å²) in [6, 6.07) is 7.37. The molecule has 1 aromatic rings. The zero-order chi connectivity index (χ0) is 17.6. The van der Waals surface area contributed by atoms with E-state index in [1.165, 1.54) is 34.6 Å². The molecule has 2 rings (SSSR count). The van der Waals surface area contributed by atoms with Crippen LogP contribution < -0.4 is 5.32 Å². The highest BCUT2D eigenvalue weighted by Gasteiger charge is 2.27. The molecule has 1 aromatic carbocycles. The number of piperidine rings is 1. The van der Waals surface area contributed by atoms with Gasteiger partial charge in [-0.15, -0.1) is 0 Å². The molecule has 0 aromatic heterocycles. The minimum Gasteiger partial charge on any atom is -0.508 e. The molecule has 1 fully saturated rings. The number of hydrogen-bond acceptors (Lipinski definition) is 5. The molecule has 24 heavy (non-hydrogen) atoms. The number of amides is 1. The Morgan fingerprint density at radius 3 is 2.50 bits per heavy atom. The summed E-state index contributed by atoms with van der Waals surface area (Å²) in [6.45, 7) is 0.918. The van der Waals surface area contributed by atoms with Crippen molar-refractivity contribution in [3.63, 3.8) is 0 Å². The second-order valence-corrected chi connectivity index (χ2v) is 7.34. The van der Waals surface area contributed by atoms with E-state index in [1.54, 1.807) is 0 Å². The van der Waals surface area contributed by atoms with Crippen LogP contribution >= 0.6 is 0 Å². The molecule has 0 bridgehead atoms. The van der Waals surface area contributed by atoms with Crippen molar-refractivity contribution in [2.75, 3.05) is 19.6 Å². The average Bonchev–Trinajstić information content (AvgIpc) is 2.56. The smallest absolute Gasteiger partial charge is 0.243 e. The molecular formula is C16H19N3O4S. The van der Waals surface area contributed by atoms with Gasteiger partial charge < -0.3 is 10.4 Å². The predicted octanol–water partition coefficient (Wildman–Crippen LogP) is 1.13. The van der Waals surface area contributed by atoms with Crippen LogP contribution in [0.1, 0.15) is 19.3 Å². The van der Waals surface area contributed by atoms with E-state index in [2.05, 4.69) is 5.32 Å². The molecule has 8 heteroatoms. The van der Waals surface area contributed by atoms with Crippen LogP contribution in [0, 0.1) is 11.3 Å². The first-order chi connectivity index (χ1) is 11.4. The van der Waals surface area contributed by atoms with E-state index < -0.39 is 10.0 Å². The second kappa shape index (κ2) is 7.95. The summed E-state index contributed by atoms with van der Waals surface area (Å²) in [7, 11) is -3.59.